The van der Waals surface area contributed by atoms with Gasteiger partial charge in [0.2, 0.25) is 11.7 Å². The minimum absolute atomic E-state index is 0. The van der Waals surface area contributed by atoms with Gasteiger partial charge >= 0.3 is 0 Å². The molecule has 1 aromatic carbocycles. The van der Waals surface area contributed by atoms with Gasteiger partial charge in [-0.25, -0.2) is 10.1 Å². The largest absolute Gasteiger partial charge is 0.618 e. The first-order valence-corrected chi connectivity index (χ1v) is 7.20. The Morgan fingerprint density at radius 3 is 2.71 bits per heavy atom. The van der Waals surface area contributed by atoms with Crippen molar-refractivity contribution in [2.75, 3.05) is 13.1 Å². The van der Waals surface area contributed by atoms with Gasteiger partial charge in [-0.15, -0.1) is 34.0 Å². The number of nitrogens with zero attached hydrogens (tertiary/aromatic N) is 3. The van der Waals surface area contributed by atoms with E-state index >= 15 is 0 Å². The highest BCUT2D eigenvalue weighted by Gasteiger charge is 2.20. The second-order valence-corrected chi connectivity index (χ2v) is 5.04. The number of rotatable bonds is 4. The molecule has 1 saturated heterocycles. The first-order chi connectivity index (χ1) is 10.7. The van der Waals surface area contributed by atoms with Gasteiger partial charge in [-0.2, -0.15) is 4.73 Å². The maximum atomic E-state index is 11.6. The highest BCUT2D eigenvalue weighted by molar-refractivity contribution is 8.93. The monoisotopic (exact) mass is 458 g/mol. The Bertz CT molecular complexity index is 697. The Kier molecular flexibility index (Phi) is 8.17. The Hall–Kier alpha value is -1.64. The summed E-state index contributed by atoms with van der Waals surface area (Å²) in [6.45, 7) is 3.68. The van der Waals surface area contributed by atoms with Crippen molar-refractivity contribution in [1.82, 2.24) is 10.4 Å². The lowest BCUT2D eigenvalue weighted by atomic mass is 10.2. The molecule has 2 heterocycles. The zero-order valence-electron chi connectivity index (χ0n) is 13.2. The zero-order chi connectivity index (χ0) is 15.4. The summed E-state index contributed by atoms with van der Waals surface area (Å²) in [4.78, 5) is 10.3. The van der Waals surface area contributed by atoms with Crippen LogP contribution < -0.4 is 10.0 Å². The van der Waals surface area contributed by atoms with Crippen LogP contribution in [0.2, 0.25) is 0 Å². The maximum Gasteiger partial charge on any atom is 0.223 e. The molecule has 0 bridgehead atoms. The van der Waals surface area contributed by atoms with E-state index in [9.17, 15) is 5.21 Å². The van der Waals surface area contributed by atoms with Crippen LogP contribution in [0.1, 0.15) is 11.3 Å². The fourth-order valence-corrected chi connectivity index (χ4v) is 2.21. The minimum Gasteiger partial charge on any atom is -0.618 e. The SMILES string of the molecule is Br.Br.Cc1ccccc1/N=C1\NCCN1OCc1cccc[n+]1[O-]. The van der Waals surface area contributed by atoms with Gasteiger partial charge in [0.25, 0.3) is 0 Å². The molecule has 0 radical (unpaired) electrons. The van der Waals surface area contributed by atoms with Crippen molar-refractivity contribution in [3.05, 3.63) is 65.1 Å². The third-order valence-corrected chi connectivity index (χ3v) is 3.45. The smallest absolute Gasteiger partial charge is 0.223 e. The van der Waals surface area contributed by atoms with Gasteiger partial charge in [-0.05, 0) is 24.6 Å². The molecule has 0 aliphatic carbocycles. The zero-order valence-corrected chi connectivity index (χ0v) is 16.6. The third kappa shape index (κ3) is 4.93. The Balaban J connectivity index is 0.00000144. The maximum absolute atomic E-state index is 11.6. The fraction of sp³-hybridized carbons (Fsp3) is 0.250. The van der Waals surface area contributed by atoms with Gasteiger partial charge in [-0.3, -0.25) is 4.84 Å². The van der Waals surface area contributed by atoms with Crippen LogP contribution in [0, 0.1) is 12.1 Å². The summed E-state index contributed by atoms with van der Waals surface area (Å²) < 4.78 is 0.807. The molecule has 0 unspecified atom stereocenters. The molecule has 6 nitrogen and oxygen atoms in total. The van der Waals surface area contributed by atoms with E-state index in [1.54, 1.807) is 17.2 Å². The number of aliphatic imine (C=N–C) groups is 1. The van der Waals surface area contributed by atoms with Crippen LogP contribution in [-0.4, -0.2) is 24.1 Å². The Morgan fingerprint density at radius 1 is 1.21 bits per heavy atom. The number of guanidine groups is 1. The summed E-state index contributed by atoms with van der Waals surface area (Å²) in [5.74, 6) is 0.669. The lowest BCUT2D eigenvalue weighted by Crippen LogP contribution is -2.35. The van der Waals surface area contributed by atoms with E-state index in [4.69, 9.17) is 4.84 Å². The van der Waals surface area contributed by atoms with Crippen molar-refractivity contribution < 1.29 is 9.57 Å². The number of halogens is 2. The highest BCUT2D eigenvalue weighted by atomic mass is 79.9. The Labute approximate surface area is 162 Å². The molecular weight excluding hydrogens is 440 g/mol. The van der Waals surface area contributed by atoms with Crippen LogP contribution in [0.4, 0.5) is 5.69 Å². The predicted octanol–water partition coefficient (Wildman–Crippen LogP) is 2.81. The fourth-order valence-electron chi connectivity index (χ4n) is 2.21. The summed E-state index contributed by atoms with van der Waals surface area (Å²) in [5.41, 5.74) is 2.56. The van der Waals surface area contributed by atoms with Gasteiger partial charge in [0.05, 0.1) is 12.2 Å². The molecule has 0 amide bonds. The van der Waals surface area contributed by atoms with Gasteiger partial charge in [0.1, 0.15) is 0 Å². The molecule has 0 atom stereocenters. The number of hydrogen-bond acceptors (Lipinski definition) is 3. The van der Waals surface area contributed by atoms with Crippen LogP contribution in [0.5, 0.6) is 0 Å². The van der Waals surface area contributed by atoms with Gasteiger partial charge < -0.3 is 10.5 Å². The van der Waals surface area contributed by atoms with Crippen molar-refractivity contribution in [3.8, 4) is 0 Å². The van der Waals surface area contributed by atoms with E-state index in [0.29, 0.717) is 18.2 Å². The number of hydroxylamine groups is 2. The summed E-state index contributed by atoms with van der Waals surface area (Å²) >= 11 is 0. The van der Waals surface area contributed by atoms with Crippen LogP contribution in [0.15, 0.2) is 53.7 Å². The van der Waals surface area contributed by atoms with Crippen molar-refractivity contribution in [2.45, 2.75) is 13.5 Å². The first-order valence-electron chi connectivity index (χ1n) is 7.20. The molecule has 8 heteroatoms. The molecular formula is C16H20Br2N4O2. The molecule has 2 aromatic rings. The molecule has 1 aliphatic heterocycles. The lowest BCUT2D eigenvalue weighted by Gasteiger charge is -2.17. The van der Waals surface area contributed by atoms with Crippen molar-refractivity contribution in [2.24, 2.45) is 4.99 Å². The van der Waals surface area contributed by atoms with Crippen LogP contribution in [0.25, 0.3) is 0 Å². The lowest BCUT2D eigenvalue weighted by molar-refractivity contribution is -0.617. The van der Waals surface area contributed by atoms with Crippen LogP contribution in [0.3, 0.4) is 0 Å². The topological polar surface area (TPSA) is 63.8 Å². The van der Waals surface area contributed by atoms with E-state index in [2.05, 4.69) is 10.3 Å². The molecule has 130 valence electrons. The number of aryl methyl sites for hydroxylation is 1. The van der Waals surface area contributed by atoms with E-state index in [1.165, 1.54) is 6.20 Å². The number of nitrogens with one attached hydrogen (secondary N) is 1. The van der Waals surface area contributed by atoms with Gasteiger partial charge in [-0.1, -0.05) is 18.2 Å². The first kappa shape index (κ1) is 20.4. The number of aromatic nitrogens is 1. The summed E-state index contributed by atoms with van der Waals surface area (Å²) in [5, 5.41) is 16.5. The molecule has 1 aromatic heterocycles. The van der Waals surface area contributed by atoms with E-state index < -0.39 is 0 Å². The molecule has 0 spiro atoms. The van der Waals surface area contributed by atoms with Crippen LogP contribution in [-0.2, 0) is 11.4 Å². The second kappa shape index (κ2) is 9.61. The standard InChI is InChI=1S/C16H18N4O2.2BrH/c1-13-6-2-3-8-15(13)18-16-17-9-11-20(16)22-12-14-7-4-5-10-19(14)21;;/h2-8,10H,9,11-12H2,1H3,(H,17,18);2*1H. The predicted molar refractivity (Wildman–Crippen MR) is 104 cm³/mol. The summed E-state index contributed by atoms with van der Waals surface area (Å²) in [6, 6.07) is 13.2. The number of para-hydroxylation sites is 1. The Morgan fingerprint density at radius 2 is 1.96 bits per heavy atom. The average Bonchev–Trinajstić information content (AvgIpc) is 2.96. The summed E-state index contributed by atoms with van der Waals surface area (Å²) in [7, 11) is 0. The third-order valence-electron chi connectivity index (χ3n) is 3.45. The van der Waals surface area contributed by atoms with E-state index in [0.717, 1.165) is 22.5 Å². The number of hydrogen-bond donors (Lipinski definition) is 1. The van der Waals surface area contributed by atoms with E-state index in [1.807, 2.05) is 37.3 Å². The van der Waals surface area contributed by atoms with Crippen LogP contribution >= 0.6 is 34.0 Å². The van der Waals surface area contributed by atoms with Gasteiger partial charge in [0, 0.05) is 18.7 Å². The molecule has 0 saturated carbocycles. The van der Waals surface area contributed by atoms with E-state index in [-0.39, 0.29) is 40.6 Å². The van der Waals surface area contributed by atoms with Crippen molar-refractivity contribution in [1.29, 1.82) is 0 Å². The quantitative estimate of drug-likeness (QED) is 0.564. The highest BCUT2D eigenvalue weighted by Crippen LogP contribution is 2.18. The normalized spacial score (nSPS) is 14.7. The molecule has 1 aliphatic rings. The average molecular weight is 460 g/mol. The number of benzene rings is 1. The second-order valence-electron chi connectivity index (χ2n) is 5.04. The number of pyridine rings is 1. The summed E-state index contributed by atoms with van der Waals surface area (Å²) in [6.07, 6.45) is 1.46. The molecule has 3 rings (SSSR count). The molecule has 1 fully saturated rings. The van der Waals surface area contributed by atoms with Gasteiger partial charge in [0.15, 0.2) is 12.8 Å². The van der Waals surface area contributed by atoms with Crippen molar-refractivity contribution in [3.63, 3.8) is 0 Å². The molecule has 24 heavy (non-hydrogen) atoms. The van der Waals surface area contributed by atoms with Crippen molar-refractivity contribution >= 4 is 45.6 Å². The molecule has 1 N–H and O–H groups in total. The minimum atomic E-state index is 0.